The fourth-order valence-electron chi connectivity index (χ4n) is 2.83. The average Bonchev–Trinajstić information content (AvgIpc) is 3.20. The van der Waals surface area contributed by atoms with Crippen molar-refractivity contribution in [3.05, 3.63) is 33.8 Å². The molecule has 168 valence electrons. The van der Waals surface area contributed by atoms with E-state index in [1.807, 2.05) is 12.1 Å². The van der Waals surface area contributed by atoms with Gasteiger partial charge in [0.05, 0.1) is 34.3 Å². The molecule has 0 bridgehead atoms. The first kappa shape index (κ1) is 24.6. The molecular weight excluding hydrogens is 501 g/mol. The van der Waals surface area contributed by atoms with Crippen molar-refractivity contribution in [1.82, 2.24) is 15.3 Å². The van der Waals surface area contributed by atoms with Crippen molar-refractivity contribution in [2.45, 2.75) is 21.3 Å². The Morgan fingerprint density at radius 1 is 1.32 bits per heavy atom. The number of hydrogen-bond donors (Lipinski definition) is 2. The number of halogens is 2. The Kier molecular flexibility index (Phi) is 9.70. The average molecular weight is 524 g/mol. The molecule has 0 aliphatic carbocycles. The van der Waals surface area contributed by atoms with Gasteiger partial charge in [-0.1, -0.05) is 46.1 Å². The second kappa shape index (κ2) is 12.2. The Balaban J connectivity index is 1.37. The van der Waals surface area contributed by atoms with Gasteiger partial charge in [0.1, 0.15) is 0 Å². The number of nitrogens with zero attached hydrogens (tertiary/aromatic N) is 2. The number of ether oxygens (including phenoxy) is 1. The van der Waals surface area contributed by atoms with E-state index in [1.54, 1.807) is 6.07 Å². The van der Waals surface area contributed by atoms with E-state index in [0.717, 1.165) is 33.9 Å². The number of primary amides is 1. The van der Waals surface area contributed by atoms with E-state index < -0.39 is 0 Å². The van der Waals surface area contributed by atoms with E-state index in [0.29, 0.717) is 23.2 Å². The van der Waals surface area contributed by atoms with Gasteiger partial charge >= 0.3 is 4.34 Å². The van der Waals surface area contributed by atoms with E-state index in [9.17, 15) is 9.59 Å². The molecular formula is C18H22Cl2N5O3S3+. The molecule has 1 atom stereocenters. The zero-order valence-corrected chi connectivity index (χ0v) is 20.4. The largest absolute Gasteiger partial charge is 0.374 e. The predicted molar refractivity (Wildman–Crippen MR) is 124 cm³/mol. The lowest BCUT2D eigenvalue weighted by Crippen LogP contribution is -2.47. The van der Waals surface area contributed by atoms with Crippen LogP contribution < -0.4 is 16.1 Å². The first-order valence-corrected chi connectivity index (χ1v) is 12.9. The van der Waals surface area contributed by atoms with Crippen LogP contribution in [0.25, 0.3) is 0 Å². The molecule has 1 aliphatic heterocycles. The van der Waals surface area contributed by atoms with Crippen LogP contribution in [0.5, 0.6) is 0 Å². The summed E-state index contributed by atoms with van der Waals surface area (Å²) in [5.74, 6) is -0.0362. The van der Waals surface area contributed by atoms with Crippen molar-refractivity contribution in [2.24, 2.45) is 5.73 Å². The second-order valence-corrected chi connectivity index (χ2v) is 11.0. The summed E-state index contributed by atoms with van der Waals surface area (Å²) in [6, 6.07) is 5.64. The molecule has 2 aromatic rings. The number of carbonyl (C=O) groups is 2. The highest BCUT2D eigenvalue weighted by Gasteiger charge is 2.22. The zero-order chi connectivity index (χ0) is 22.2. The van der Waals surface area contributed by atoms with E-state index in [2.05, 4.69) is 20.4 Å². The lowest BCUT2D eigenvalue weighted by molar-refractivity contribution is -0.492. The molecule has 3 rings (SSSR count). The van der Waals surface area contributed by atoms with Gasteiger partial charge in [0.15, 0.2) is 0 Å². The van der Waals surface area contributed by atoms with E-state index >= 15 is 0 Å². The highest BCUT2D eigenvalue weighted by atomic mass is 35.5. The number of carbonyl (C=O) groups excluding carboxylic acids is 2. The normalized spacial score (nSPS) is 16.9. The standard InChI is InChI=1S/C18H21Cl2N5O3S3/c19-13-2-1-11(5-14(13)20)7-25-3-4-28-12(8-25)6-22-16(27)10-30-18-24-23-17(31-18)29-9-15(21)26/h1-2,5,12H,3-4,6-10H2,(H2,21,26)(H,22,27)/p+1/t12-/m0/s1. The Labute approximate surface area is 202 Å². The number of benzene rings is 1. The monoisotopic (exact) mass is 522 g/mol. The van der Waals surface area contributed by atoms with E-state index in [1.165, 1.54) is 34.9 Å². The fourth-order valence-corrected chi connectivity index (χ4v) is 5.81. The number of nitrogens with one attached hydrogen (secondary N) is 2. The lowest BCUT2D eigenvalue weighted by Gasteiger charge is -2.33. The molecule has 8 nitrogen and oxygen atoms in total. The first-order chi connectivity index (χ1) is 14.9. The van der Waals surface area contributed by atoms with Crippen LogP contribution in [0.2, 0.25) is 10.0 Å². The van der Waals surface area contributed by atoms with Crippen LogP contribution in [-0.4, -0.2) is 65.7 Å². The summed E-state index contributed by atoms with van der Waals surface area (Å²) in [7, 11) is 0. The molecule has 0 saturated carbocycles. The summed E-state index contributed by atoms with van der Waals surface area (Å²) in [4.78, 5) is 25.3. The number of hydrogen-bond acceptors (Lipinski definition) is 8. The number of thioether (sulfide) groups is 2. The van der Waals surface area contributed by atoms with E-state index in [4.69, 9.17) is 33.7 Å². The third kappa shape index (κ3) is 8.41. The van der Waals surface area contributed by atoms with Crippen molar-refractivity contribution in [2.75, 3.05) is 37.7 Å². The Morgan fingerprint density at radius 2 is 2.16 bits per heavy atom. The highest BCUT2D eigenvalue weighted by molar-refractivity contribution is 8.03. The van der Waals surface area contributed by atoms with Crippen molar-refractivity contribution in [1.29, 1.82) is 0 Å². The first-order valence-electron chi connectivity index (χ1n) is 9.36. The number of H-pyrrole nitrogens is 1. The number of aromatic nitrogens is 2. The Morgan fingerprint density at radius 3 is 2.94 bits per heavy atom. The van der Waals surface area contributed by atoms with Gasteiger partial charge in [-0.3, -0.25) is 14.5 Å². The number of aromatic amines is 1. The molecule has 1 saturated heterocycles. The minimum Gasteiger partial charge on any atom is -0.374 e. The predicted octanol–water partition coefficient (Wildman–Crippen LogP) is 1.95. The number of rotatable bonds is 10. The molecule has 1 aromatic carbocycles. The number of nitrogens with two attached hydrogens (primary N) is 1. The molecule has 1 aromatic heterocycles. The van der Waals surface area contributed by atoms with Crippen LogP contribution in [0.1, 0.15) is 5.56 Å². The van der Waals surface area contributed by atoms with Gasteiger partial charge in [-0.25, -0.2) is 0 Å². The third-order valence-electron chi connectivity index (χ3n) is 4.23. The van der Waals surface area contributed by atoms with Gasteiger partial charge in [0, 0.05) is 31.3 Å². The maximum absolute atomic E-state index is 12.2. The van der Waals surface area contributed by atoms with Crippen molar-refractivity contribution < 1.29 is 19.4 Å². The molecule has 0 radical (unpaired) electrons. The Bertz CT molecular complexity index is 917. The summed E-state index contributed by atoms with van der Waals surface area (Å²) in [5.41, 5.74) is 6.21. The quantitative estimate of drug-likeness (QED) is 0.458. The summed E-state index contributed by atoms with van der Waals surface area (Å²) in [6.07, 6.45) is -0.0736. The van der Waals surface area contributed by atoms with Crippen molar-refractivity contribution in [3.8, 4) is 0 Å². The molecule has 4 N–H and O–H groups in total. The van der Waals surface area contributed by atoms with Crippen LogP contribution in [0, 0.1) is 0 Å². The van der Waals surface area contributed by atoms with Crippen molar-refractivity contribution in [3.63, 3.8) is 0 Å². The van der Waals surface area contributed by atoms with Crippen LogP contribution in [0.3, 0.4) is 0 Å². The lowest BCUT2D eigenvalue weighted by atomic mass is 10.2. The molecule has 31 heavy (non-hydrogen) atoms. The van der Waals surface area contributed by atoms with E-state index in [-0.39, 0.29) is 29.4 Å². The van der Waals surface area contributed by atoms with Gasteiger partial charge in [-0.05, 0) is 40.8 Å². The van der Waals surface area contributed by atoms with Gasteiger partial charge in [-0.2, -0.15) is 0 Å². The molecule has 0 spiro atoms. The Hall–Kier alpha value is -1.08. The molecule has 13 heteroatoms. The molecule has 0 unspecified atom stereocenters. The SMILES string of the molecule is NC(=O)CSc1[nH+]nc(SCC(=O)NC[C@H]2CN(Cc3ccc(Cl)c(Cl)c3)CCO2)s1. The molecule has 2 heterocycles. The van der Waals surface area contributed by atoms with Gasteiger partial charge in [-0.15, -0.1) is 0 Å². The minimum absolute atomic E-state index is 0.0736. The van der Waals surface area contributed by atoms with Gasteiger partial charge in [0.25, 0.3) is 0 Å². The summed E-state index contributed by atoms with van der Waals surface area (Å²) >= 11 is 16.1. The maximum atomic E-state index is 12.2. The van der Waals surface area contributed by atoms with Crippen LogP contribution >= 0.6 is 58.1 Å². The molecule has 1 aliphatic rings. The summed E-state index contributed by atoms with van der Waals surface area (Å²) < 4.78 is 7.29. The molecule has 1 fully saturated rings. The van der Waals surface area contributed by atoms with Crippen LogP contribution in [-0.2, 0) is 20.9 Å². The van der Waals surface area contributed by atoms with Crippen LogP contribution in [0.15, 0.2) is 26.9 Å². The maximum Gasteiger partial charge on any atom is 0.323 e. The third-order valence-corrected chi connectivity index (χ3v) is 8.25. The minimum atomic E-state index is -0.388. The topological polar surface area (TPSA) is 112 Å². The zero-order valence-electron chi connectivity index (χ0n) is 16.4. The van der Waals surface area contributed by atoms with Crippen molar-refractivity contribution >= 4 is 69.9 Å². The molecule has 2 amide bonds. The number of amides is 2. The number of morpholine rings is 1. The van der Waals surface area contributed by atoms with Gasteiger partial charge in [0.2, 0.25) is 16.2 Å². The summed E-state index contributed by atoms with van der Waals surface area (Å²) in [6.45, 7) is 3.34. The van der Waals surface area contributed by atoms with Crippen LogP contribution in [0.4, 0.5) is 0 Å². The smallest absolute Gasteiger partial charge is 0.323 e. The summed E-state index contributed by atoms with van der Waals surface area (Å²) in [5, 5.41) is 11.0. The highest BCUT2D eigenvalue weighted by Crippen LogP contribution is 2.26. The fraction of sp³-hybridized carbons (Fsp3) is 0.444. The second-order valence-electron chi connectivity index (χ2n) is 6.70. The van der Waals surface area contributed by atoms with Gasteiger partial charge < -0.3 is 15.8 Å².